The molecule has 0 aliphatic rings. The Labute approximate surface area is 86.5 Å². The summed E-state index contributed by atoms with van der Waals surface area (Å²) in [5.74, 6) is 2.11. The first-order chi connectivity index (χ1) is 6.49. The van der Waals surface area contributed by atoms with Crippen molar-refractivity contribution in [3.8, 4) is 0 Å². The van der Waals surface area contributed by atoms with E-state index in [9.17, 15) is 0 Å². The molecule has 2 heteroatoms. The van der Waals surface area contributed by atoms with Gasteiger partial charge in [0.1, 0.15) is 11.5 Å². The molecule has 0 saturated carbocycles. The van der Waals surface area contributed by atoms with Crippen molar-refractivity contribution < 1.29 is 4.42 Å². The van der Waals surface area contributed by atoms with E-state index < -0.39 is 0 Å². The van der Waals surface area contributed by atoms with Gasteiger partial charge in [-0.25, -0.2) is 0 Å². The first-order valence-corrected chi connectivity index (χ1v) is 5.31. The van der Waals surface area contributed by atoms with Crippen LogP contribution in [0, 0.1) is 0 Å². The normalized spacial score (nSPS) is 12.1. The number of hydrogen-bond donors (Lipinski definition) is 1. The molecule has 1 heterocycles. The van der Waals surface area contributed by atoms with Crippen molar-refractivity contribution in [2.24, 2.45) is 5.73 Å². The van der Waals surface area contributed by atoms with Gasteiger partial charge in [-0.3, -0.25) is 0 Å². The number of nitrogens with two attached hydrogens (primary N) is 1. The molecular formula is C12H21NO. The molecule has 0 bridgehead atoms. The fraction of sp³-hybridized carbons (Fsp3) is 0.667. The van der Waals surface area contributed by atoms with Crippen molar-refractivity contribution in [1.29, 1.82) is 0 Å². The van der Waals surface area contributed by atoms with E-state index in [1.54, 1.807) is 0 Å². The van der Waals surface area contributed by atoms with Gasteiger partial charge in [0, 0.05) is 23.9 Å². The van der Waals surface area contributed by atoms with Gasteiger partial charge in [0.15, 0.2) is 0 Å². The zero-order chi connectivity index (χ0) is 10.8. The van der Waals surface area contributed by atoms with Crippen LogP contribution in [0.5, 0.6) is 0 Å². The molecule has 0 amide bonds. The lowest BCUT2D eigenvalue weighted by Gasteiger charge is -2.16. The van der Waals surface area contributed by atoms with Crippen molar-refractivity contribution in [2.75, 3.05) is 0 Å². The molecule has 0 aliphatic heterocycles. The van der Waals surface area contributed by atoms with E-state index in [2.05, 4.69) is 33.8 Å². The zero-order valence-corrected chi connectivity index (χ0v) is 9.68. The summed E-state index contributed by atoms with van der Waals surface area (Å²) in [4.78, 5) is 0. The van der Waals surface area contributed by atoms with Gasteiger partial charge in [0.05, 0.1) is 0 Å². The highest BCUT2D eigenvalue weighted by atomic mass is 16.3. The van der Waals surface area contributed by atoms with Crippen LogP contribution in [0.25, 0.3) is 0 Å². The molecule has 0 atom stereocenters. The molecule has 0 aromatic carbocycles. The van der Waals surface area contributed by atoms with Crippen LogP contribution in [0.15, 0.2) is 10.5 Å². The van der Waals surface area contributed by atoms with E-state index in [1.165, 1.54) is 0 Å². The largest absolute Gasteiger partial charge is 0.465 e. The molecule has 0 fully saturated rings. The van der Waals surface area contributed by atoms with Gasteiger partial charge in [-0.1, -0.05) is 27.7 Å². The fourth-order valence-electron chi connectivity index (χ4n) is 1.64. The third-order valence-corrected chi connectivity index (χ3v) is 2.26. The lowest BCUT2D eigenvalue weighted by atomic mass is 9.90. The molecule has 2 nitrogen and oxygen atoms in total. The van der Waals surface area contributed by atoms with E-state index in [0.717, 1.165) is 29.9 Å². The molecule has 0 aliphatic carbocycles. The smallest absolute Gasteiger partial charge is 0.113 e. The van der Waals surface area contributed by atoms with Crippen LogP contribution in [0.2, 0.25) is 0 Å². The molecule has 0 radical (unpaired) electrons. The van der Waals surface area contributed by atoms with Gasteiger partial charge in [-0.05, 0) is 12.5 Å². The third-order valence-electron chi connectivity index (χ3n) is 2.26. The minimum atomic E-state index is 0.0562. The lowest BCUT2D eigenvalue weighted by molar-refractivity contribution is 0.381. The van der Waals surface area contributed by atoms with Gasteiger partial charge in [0.2, 0.25) is 0 Å². The second-order valence-corrected chi connectivity index (χ2v) is 4.77. The number of aryl methyl sites for hydroxylation is 1. The maximum atomic E-state index is 5.83. The van der Waals surface area contributed by atoms with Crippen LogP contribution in [0.4, 0.5) is 0 Å². The molecule has 1 aromatic heterocycles. The van der Waals surface area contributed by atoms with E-state index in [4.69, 9.17) is 10.2 Å². The zero-order valence-electron chi connectivity index (χ0n) is 9.68. The predicted octanol–water partition coefficient (Wildman–Crippen LogP) is 2.99. The summed E-state index contributed by atoms with van der Waals surface area (Å²) in [7, 11) is 0. The van der Waals surface area contributed by atoms with E-state index in [-0.39, 0.29) is 5.41 Å². The Hall–Kier alpha value is -0.760. The summed E-state index contributed by atoms with van der Waals surface area (Å²) >= 11 is 0. The predicted molar refractivity (Wildman–Crippen MR) is 59.3 cm³/mol. The molecule has 0 saturated heterocycles. The molecule has 80 valence electrons. The molecular weight excluding hydrogens is 174 g/mol. The van der Waals surface area contributed by atoms with Gasteiger partial charge in [-0.15, -0.1) is 0 Å². The maximum absolute atomic E-state index is 5.83. The molecule has 0 spiro atoms. The van der Waals surface area contributed by atoms with Gasteiger partial charge < -0.3 is 10.2 Å². The Kier molecular flexibility index (Phi) is 3.38. The highest BCUT2D eigenvalue weighted by Crippen LogP contribution is 2.29. The summed E-state index contributed by atoms with van der Waals surface area (Å²) in [6.07, 6.45) is 2.12. The van der Waals surface area contributed by atoms with Gasteiger partial charge in [0.25, 0.3) is 0 Å². The standard InChI is InChI=1S/C12H21NO/c1-5-6-10-7-9(8-13)11(14-10)12(2,3)4/h7H,5-6,8,13H2,1-4H3. The molecule has 1 aromatic rings. The van der Waals surface area contributed by atoms with E-state index in [1.807, 2.05) is 0 Å². The first-order valence-electron chi connectivity index (χ1n) is 5.31. The minimum absolute atomic E-state index is 0.0562. The van der Waals surface area contributed by atoms with Crippen LogP contribution in [0.1, 0.15) is 51.2 Å². The van der Waals surface area contributed by atoms with E-state index in [0.29, 0.717) is 6.54 Å². The lowest BCUT2D eigenvalue weighted by Crippen LogP contribution is -2.13. The Morgan fingerprint density at radius 2 is 2.00 bits per heavy atom. The average molecular weight is 195 g/mol. The second-order valence-electron chi connectivity index (χ2n) is 4.77. The molecule has 2 N–H and O–H groups in total. The van der Waals surface area contributed by atoms with Crippen LogP contribution < -0.4 is 5.73 Å². The number of hydrogen-bond acceptors (Lipinski definition) is 2. The van der Waals surface area contributed by atoms with Gasteiger partial charge in [-0.2, -0.15) is 0 Å². The van der Waals surface area contributed by atoms with Crippen LogP contribution in [-0.4, -0.2) is 0 Å². The van der Waals surface area contributed by atoms with Crippen molar-refractivity contribution in [2.45, 2.75) is 52.5 Å². The quantitative estimate of drug-likeness (QED) is 0.805. The number of furan rings is 1. The summed E-state index contributed by atoms with van der Waals surface area (Å²) in [6.45, 7) is 9.18. The Morgan fingerprint density at radius 3 is 2.36 bits per heavy atom. The topological polar surface area (TPSA) is 39.2 Å². The van der Waals surface area contributed by atoms with Crippen molar-refractivity contribution >= 4 is 0 Å². The van der Waals surface area contributed by atoms with Crippen LogP contribution in [0.3, 0.4) is 0 Å². The highest BCUT2D eigenvalue weighted by Gasteiger charge is 2.22. The van der Waals surface area contributed by atoms with E-state index >= 15 is 0 Å². The highest BCUT2D eigenvalue weighted by molar-refractivity contribution is 5.26. The monoisotopic (exact) mass is 195 g/mol. The second kappa shape index (κ2) is 4.18. The Bertz CT molecular complexity index is 294. The summed E-state index contributed by atoms with van der Waals surface area (Å²) < 4.78 is 5.83. The molecule has 1 rings (SSSR count). The van der Waals surface area contributed by atoms with Crippen LogP contribution in [-0.2, 0) is 18.4 Å². The summed E-state index contributed by atoms with van der Waals surface area (Å²) in [5.41, 5.74) is 6.91. The van der Waals surface area contributed by atoms with Crippen LogP contribution >= 0.6 is 0 Å². The summed E-state index contributed by atoms with van der Waals surface area (Å²) in [5, 5.41) is 0. The SMILES string of the molecule is CCCc1cc(CN)c(C(C)(C)C)o1. The maximum Gasteiger partial charge on any atom is 0.113 e. The number of rotatable bonds is 3. The Balaban J connectivity index is 3.02. The minimum Gasteiger partial charge on any atom is -0.465 e. The third kappa shape index (κ3) is 2.38. The Morgan fingerprint density at radius 1 is 1.36 bits per heavy atom. The van der Waals surface area contributed by atoms with Gasteiger partial charge >= 0.3 is 0 Å². The first kappa shape index (κ1) is 11.3. The molecule has 0 unspecified atom stereocenters. The molecule has 14 heavy (non-hydrogen) atoms. The van der Waals surface area contributed by atoms with Crippen molar-refractivity contribution in [3.63, 3.8) is 0 Å². The summed E-state index contributed by atoms with van der Waals surface area (Å²) in [6, 6.07) is 2.10. The average Bonchev–Trinajstić information content (AvgIpc) is 2.47. The van der Waals surface area contributed by atoms with Crippen molar-refractivity contribution in [3.05, 3.63) is 23.2 Å². The fourth-order valence-corrected chi connectivity index (χ4v) is 1.64. The van der Waals surface area contributed by atoms with Crippen molar-refractivity contribution in [1.82, 2.24) is 0 Å².